The zero-order valence-electron chi connectivity index (χ0n) is 8.39. The van der Waals surface area contributed by atoms with Crippen molar-refractivity contribution in [3.05, 3.63) is 0 Å². The molecule has 4 unspecified atom stereocenters. The van der Waals surface area contributed by atoms with Crippen molar-refractivity contribution in [1.82, 2.24) is 0 Å². The van der Waals surface area contributed by atoms with Crippen molar-refractivity contribution in [2.45, 2.75) is 33.2 Å². The molecule has 0 aromatic carbocycles. The molecule has 4 atom stereocenters. The molecule has 1 rings (SSSR count). The molecule has 0 aromatic rings. The quantitative estimate of drug-likeness (QED) is 0.641. The van der Waals surface area contributed by atoms with Gasteiger partial charge >= 0.3 is 11.9 Å². The van der Waals surface area contributed by atoms with E-state index in [1.54, 1.807) is 6.92 Å². The van der Waals surface area contributed by atoms with Crippen molar-refractivity contribution in [3.63, 3.8) is 0 Å². The lowest BCUT2D eigenvalue weighted by Crippen LogP contribution is -2.28. The molecule has 0 radical (unpaired) electrons. The molecule has 0 aliphatic carbocycles. The summed E-state index contributed by atoms with van der Waals surface area (Å²) in [6.45, 7) is 4.46. The highest BCUT2D eigenvalue weighted by molar-refractivity contribution is 5.76. The van der Waals surface area contributed by atoms with E-state index in [2.05, 4.69) is 0 Å². The second-order valence-corrected chi connectivity index (χ2v) is 3.54. The Morgan fingerprint density at radius 3 is 2.57 bits per heavy atom. The number of carbonyl (C=O) groups excluding carboxylic acids is 2. The minimum Gasteiger partial charge on any atom is -0.425 e. The summed E-state index contributed by atoms with van der Waals surface area (Å²) in [6, 6.07) is 0. The minimum atomic E-state index is -0.861. The van der Waals surface area contributed by atoms with Crippen molar-refractivity contribution in [2.24, 2.45) is 11.8 Å². The SMILES string of the molecule is CC(=O)OC1OC(=O)C(C(C)O)C1C. The van der Waals surface area contributed by atoms with Crippen LogP contribution in [0, 0.1) is 11.8 Å². The molecule has 0 amide bonds. The molecule has 0 spiro atoms. The summed E-state index contributed by atoms with van der Waals surface area (Å²) in [5, 5.41) is 9.30. The van der Waals surface area contributed by atoms with Gasteiger partial charge in [-0.25, -0.2) is 0 Å². The van der Waals surface area contributed by atoms with Gasteiger partial charge in [0.1, 0.15) is 0 Å². The molecule has 1 saturated heterocycles. The fourth-order valence-electron chi connectivity index (χ4n) is 1.62. The van der Waals surface area contributed by atoms with Gasteiger partial charge in [-0.1, -0.05) is 6.92 Å². The van der Waals surface area contributed by atoms with Crippen LogP contribution in [0.15, 0.2) is 0 Å². The topological polar surface area (TPSA) is 72.8 Å². The molecule has 5 heteroatoms. The second kappa shape index (κ2) is 3.96. The number of ether oxygens (including phenoxy) is 2. The summed E-state index contributed by atoms with van der Waals surface area (Å²) in [6.07, 6.45) is -1.65. The predicted molar refractivity (Wildman–Crippen MR) is 46.0 cm³/mol. The standard InChI is InChI=1S/C9H14O5/c1-4-7(5(2)10)8(12)14-9(4)13-6(3)11/h4-5,7,9-10H,1-3H3. The number of carbonyl (C=O) groups is 2. The van der Waals surface area contributed by atoms with Gasteiger partial charge in [0.05, 0.1) is 12.0 Å². The lowest BCUT2D eigenvalue weighted by molar-refractivity contribution is -0.179. The molecular weight excluding hydrogens is 188 g/mol. The van der Waals surface area contributed by atoms with Crippen LogP contribution in [0.2, 0.25) is 0 Å². The zero-order chi connectivity index (χ0) is 10.9. The van der Waals surface area contributed by atoms with E-state index in [1.807, 2.05) is 0 Å². The molecule has 5 nitrogen and oxygen atoms in total. The average molecular weight is 202 g/mol. The number of esters is 2. The zero-order valence-corrected chi connectivity index (χ0v) is 8.39. The van der Waals surface area contributed by atoms with E-state index in [9.17, 15) is 14.7 Å². The monoisotopic (exact) mass is 202 g/mol. The summed E-state index contributed by atoms with van der Waals surface area (Å²) < 4.78 is 9.60. The Kier molecular flexibility index (Phi) is 3.10. The number of hydrogen-bond acceptors (Lipinski definition) is 5. The number of hydrogen-bond donors (Lipinski definition) is 1. The van der Waals surface area contributed by atoms with Gasteiger partial charge in [-0.15, -0.1) is 0 Å². The fourth-order valence-corrected chi connectivity index (χ4v) is 1.62. The van der Waals surface area contributed by atoms with Crippen LogP contribution in [0.4, 0.5) is 0 Å². The molecule has 1 N–H and O–H groups in total. The Morgan fingerprint density at radius 1 is 1.64 bits per heavy atom. The van der Waals surface area contributed by atoms with Gasteiger partial charge in [-0.2, -0.15) is 0 Å². The molecule has 1 heterocycles. The van der Waals surface area contributed by atoms with E-state index < -0.39 is 30.3 Å². The van der Waals surface area contributed by atoms with Crippen molar-refractivity contribution in [1.29, 1.82) is 0 Å². The maximum Gasteiger partial charge on any atom is 0.315 e. The van der Waals surface area contributed by atoms with Crippen LogP contribution in [0.1, 0.15) is 20.8 Å². The van der Waals surface area contributed by atoms with Crippen LogP contribution in [0.3, 0.4) is 0 Å². The number of aliphatic hydroxyl groups is 1. The van der Waals surface area contributed by atoms with E-state index in [1.165, 1.54) is 13.8 Å². The van der Waals surface area contributed by atoms with Crippen LogP contribution >= 0.6 is 0 Å². The van der Waals surface area contributed by atoms with Gasteiger partial charge in [-0.3, -0.25) is 9.59 Å². The third-order valence-electron chi connectivity index (χ3n) is 2.30. The van der Waals surface area contributed by atoms with Crippen molar-refractivity contribution >= 4 is 11.9 Å². The Bertz CT molecular complexity index is 248. The Morgan fingerprint density at radius 2 is 2.21 bits per heavy atom. The first-order valence-electron chi connectivity index (χ1n) is 4.49. The molecular formula is C9H14O5. The fraction of sp³-hybridized carbons (Fsp3) is 0.778. The first-order chi connectivity index (χ1) is 6.43. The van der Waals surface area contributed by atoms with Crippen molar-refractivity contribution in [2.75, 3.05) is 0 Å². The Hall–Kier alpha value is -1.10. The summed E-state index contributed by atoms with van der Waals surface area (Å²) in [4.78, 5) is 21.9. The second-order valence-electron chi connectivity index (χ2n) is 3.54. The maximum atomic E-state index is 11.2. The first-order valence-corrected chi connectivity index (χ1v) is 4.49. The van der Waals surface area contributed by atoms with E-state index in [0.717, 1.165) is 0 Å². The third-order valence-corrected chi connectivity index (χ3v) is 2.30. The molecule has 80 valence electrons. The number of cyclic esters (lactones) is 1. The van der Waals surface area contributed by atoms with Crippen LogP contribution in [0.5, 0.6) is 0 Å². The van der Waals surface area contributed by atoms with Gasteiger partial charge in [0, 0.05) is 12.8 Å². The van der Waals surface area contributed by atoms with Crippen LogP contribution < -0.4 is 0 Å². The predicted octanol–water partition coefficient (Wildman–Crippen LogP) is 0.0655. The molecule has 1 aliphatic rings. The maximum absolute atomic E-state index is 11.2. The smallest absolute Gasteiger partial charge is 0.315 e. The van der Waals surface area contributed by atoms with Crippen molar-refractivity contribution in [3.8, 4) is 0 Å². The van der Waals surface area contributed by atoms with Crippen molar-refractivity contribution < 1.29 is 24.2 Å². The molecule has 14 heavy (non-hydrogen) atoms. The highest BCUT2D eigenvalue weighted by atomic mass is 16.7. The normalized spacial score (nSPS) is 33.7. The summed E-state index contributed by atoms with van der Waals surface area (Å²) in [7, 11) is 0. The van der Waals surface area contributed by atoms with Gasteiger partial charge in [-0.05, 0) is 6.92 Å². The highest BCUT2D eigenvalue weighted by Crippen LogP contribution is 2.31. The van der Waals surface area contributed by atoms with E-state index in [0.29, 0.717) is 0 Å². The average Bonchev–Trinajstić information content (AvgIpc) is 2.25. The van der Waals surface area contributed by atoms with Gasteiger partial charge in [0.2, 0.25) is 0 Å². The number of aliphatic hydroxyl groups excluding tert-OH is 1. The van der Waals surface area contributed by atoms with E-state index in [-0.39, 0.29) is 5.92 Å². The summed E-state index contributed by atoms with van der Waals surface area (Å²) in [5.41, 5.74) is 0. The largest absolute Gasteiger partial charge is 0.425 e. The Balaban J connectivity index is 2.68. The molecule has 0 saturated carbocycles. The van der Waals surface area contributed by atoms with Crippen LogP contribution in [-0.2, 0) is 19.1 Å². The molecule has 1 fully saturated rings. The molecule has 0 bridgehead atoms. The number of rotatable bonds is 2. The first kappa shape index (κ1) is 11.0. The van der Waals surface area contributed by atoms with E-state index in [4.69, 9.17) is 9.47 Å². The summed E-state index contributed by atoms with van der Waals surface area (Å²) in [5.74, 6) is -1.94. The highest BCUT2D eigenvalue weighted by Gasteiger charge is 2.46. The summed E-state index contributed by atoms with van der Waals surface area (Å²) >= 11 is 0. The Labute approximate surface area is 82.0 Å². The minimum absolute atomic E-state index is 0.314. The lowest BCUT2D eigenvalue weighted by Gasteiger charge is -2.16. The van der Waals surface area contributed by atoms with Crippen LogP contribution in [0.25, 0.3) is 0 Å². The van der Waals surface area contributed by atoms with Gasteiger partial charge < -0.3 is 14.6 Å². The lowest BCUT2D eigenvalue weighted by atomic mass is 9.92. The van der Waals surface area contributed by atoms with Crippen LogP contribution in [-0.4, -0.2) is 29.4 Å². The van der Waals surface area contributed by atoms with Gasteiger partial charge in [0.15, 0.2) is 0 Å². The van der Waals surface area contributed by atoms with Gasteiger partial charge in [0.25, 0.3) is 6.29 Å². The molecule has 1 aliphatic heterocycles. The molecule has 0 aromatic heterocycles. The third kappa shape index (κ3) is 2.04. The van der Waals surface area contributed by atoms with E-state index >= 15 is 0 Å².